The summed E-state index contributed by atoms with van der Waals surface area (Å²) >= 11 is 0. The smallest absolute Gasteiger partial charge is 0.123 e. The second-order valence-electron chi connectivity index (χ2n) is 3.49. The van der Waals surface area contributed by atoms with Crippen molar-refractivity contribution in [2.24, 2.45) is 4.99 Å². The molecule has 1 aromatic rings. The van der Waals surface area contributed by atoms with E-state index in [-0.39, 0.29) is 0 Å². The average Bonchev–Trinajstić information content (AvgIpc) is 2.31. The van der Waals surface area contributed by atoms with Crippen LogP contribution < -0.4 is 5.32 Å². The Bertz CT molecular complexity index is 368. The van der Waals surface area contributed by atoms with Gasteiger partial charge in [-0.05, 0) is 11.6 Å². The second-order valence-corrected chi connectivity index (χ2v) is 3.49. The van der Waals surface area contributed by atoms with Gasteiger partial charge in [-0.3, -0.25) is 4.99 Å². The second kappa shape index (κ2) is 4.64. The van der Waals surface area contributed by atoms with Crippen LogP contribution in [0.3, 0.4) is 0 Å². The molecule has 0 aromatic heterocycles. The predicted octanol–water partition coefficient (Wildman–Crippen LogP) is 1.59. The number of rotatable bonds is 2. The lowest BCUT2D eigenvalue weighted by atomic mass is 10.2. The number of aliphatic imine (C=N–C) groups is 1. The standard InChI is InChI=1S/C12H15N3/c1-13-12-7-8-15(10-14-12)9-11-5-3-2-4-6-11/h2-8H,9-10H2,1H3,(H,13,14). The minimum atomic E-state index is 0.818. The molecular weight excluding hydrogens is 186 g/mol. The first-order valence-electron chi connectivity index (χ1n) is 5.05. The molecule has 1 aliphatic rings. The molecule has 0 bridgehead atoms. The van der Waals surface area contributed by atoms with Gasteiger partial charge in [0.15, 0.2) is 0 Å². The molecule has 3 nitrogen and oxygen atoms in total. The summed E-state index contributed by atoms with van der Waals surface area (Å²) in [5.74, 6) is 0.944. The summed E-state index contributed by atoms with van der Waals surface area (Å²) in [7, 11) is 1.79. The molecule has 0 saturated carbocycles. The number of hydrogen-bond acceptors (Lipinski definition) is 2. The lowest BCUT2D eigenvalue weighted by molar-refractivity contribution is 0.355. The monoisotopic (exact) mass is 201 g/mol. The number of amidine groups is 1. The van der Waals surface area contributed by atoms with Crippen LogP contribution in [0.2, 0.25) is 0 Å². The third kappa shape index (κ3) is 2.59. The van der Waals surface area contributed by atoms with E-state index in [1.165, 1.54) is 5.56 Å². The molecule has 78 valence electrons. The molecule has 0 unspecified atom stereocenters. The molecular formula is C12H15N3. The summed E-state index contributed by atoms with van der Waals surface area (Å²) in [4.78, 5) is 6.29. The lowest BCUT2D eigenvalue weighted by Gasteiger charge is -2.25. The maximum Gasteiger partial charge on any atom is 0.123 e. The van der Waals surface area contributed by atoms with Crippen LogP contribution in [0, 0.1) is 0 Å². The fourth-order valence-electron chi connectivity index (χ4n) is 1.55. The van der Waals surface area contributed by atoms with E-state index in [4.69, 9.17) is 0 Å². The summed E-state index contributed by atoms with van der Waals surface area (Å²) in [5, 5.41) is 3.23. The Morgan fingerprint density at radius 1 is 1.33 bits per heavy atom. The Kier molecular flexibility index (Phi) is 3.02. The van der Waals surface area contributed by atoms with Crippen LogP contribution in [0.15, 0.2) is 47.6 Å². The highest BCUT2D eigenvalue weighted by Crippen LogP contribution is 2.05. The Balaban J connectivity index is 1.98. The summed E-state index contributed by atoms with van der Waals surface area (Å²) < 4.78 is 0. The number of nitrogens with one attached hydrogen (secondary N) is 1. The molecule has 0 atom stereocenters. The van der Waals surface area contributed by atoms with E-state index in [2.05, 4.69) is 45.7 Å². The average molecular weight is 201 g/mol. The summed E-state index contributed by atoms with van der Waals surface area (Å²) in [5.41, 5.74) is 1.32. The summed E-state index contributed by atoms with van der Waals surface area (Å²) in [6.45, 7) is 1.75. The first-order valence-corrected chi connectivity index (χ1v) is 5.05. The molecule has 0 amide bonds. The van der Waals surface area contributed by atoms with Gasteiger partial charge in [0.25, 0.3) is 0 Å². The van der Waals surface area contributed by atoms with E-state index >= 15 is 0 Å². The normalized spacial score (nSPS) is 17.9. The van der Waals surface area contributed by atoms with Gasteiger partial charge in [-0.25, -0.2) is 0 Å². The SMILES string of the molecule is CN=C1C=CN(Cc2ccccc2)CN1. The van der Waals surface area contributed by atoms with Gasteiger partial charge in [0.05, 0.1) is 6.67 Å². The van der Waals surface area contributed by atoms with Crippen molar-refractivity contribution in [3.8, 4) is 0 Å². The molecule has 3 heteroatoms. The largest absolute Gasteiger partial charge is 0.356 e. The Hall–Kier alpha value is -1.77. The predicted molar refractivity (Wildman–Crippen MR) is 62.5 cm³/mol. The molecule has 0 fully saturated rings. The van der Waals surface area contributed by atoms with Crippen LogP contribution in [0.5, 0.6) is 0 Å². The van der Waals surface area contributed by atoms with Crippen molar-refractivity contribution in [1.82, 2.24) is 10.2 Å². The third-order valence-electron chi connectivity index (χ3n) is 2.38. The van der Waals surface area contributed by atoms with Gasteiger partial charge < -0.3 is 10.2 Å². The zero-order chi connectivity index (χ0) is 10.5. The van der Waals surface area contributed by atoms with E-state index in [9.17, 15) is 0 Å². The zero-order valence-corrected chi connectivity index (χ0v) is 8.85. The van der Waals surface area contributed by atoms with E-state index in [1.54, 1.807) is 7.05 Å². The quantitative estimate of drug-likeness (QED) is 0.787. The fourth-order valence-corrected chi connectivity index (χ4v) is 1.55. The molecule has 0 radical (unpaired) electrons. The molecule has 1 aromatic carbocycles. The van der Waals surface area contributed by atoms with Crippen molar-refractivity contribution in [2.75, 3.05) is 13.7 Å². The Morgan fingerprint density at radius 3 is 2.73 bits per heavy atom. The fraction of sp³-hybridized carbons (Fsp3) is 0.250. The molecule has 0 aliphatic carbocycles. The van der Waals surface area contributed by atoms with Crippen molar-refractivity contribution in [3.05, 3.63) is 48.2 Å². The molecule has 1 aliphatic heterocycles. The Morgan fingerprint density at radius 2 is 2.13 bits per heavy atom. The van der Waals surface area contributed by atoms with Gasteiger partial charge in [0, 0.05) is 19.8 Å². The molecule has 1 N–H and O–H groups in total. The summed E-state index contributed by atoms with van der Waals surface area (Å²) in [6.07, 6.45) is 4.07. The Labute approximate surface area is 90.1 Å². The van der Waals surface area contributed by atoms with Crippen molar-refractivity contribution in [3.63, 3.8) is 0 Å². The van der Waals surface area contributed by atoms with Crippen LogP contribution in [0.1, 0.15) is 5.56 Å². The molecule has 0 saturated heterocycles. The van der Waals surface area contributed by atoms with Crippen LogP contribution in [0.25, 0.3) is 0 Å². The van der Waals surface area contributed by atoms with Gasteiger partial charge in [-0.15, -0.1) is 0 Å². The van der Waals surface area contributed by atoms with Crippen molar-refractivity contribution in [1.29, 1.82) is 0 Å². The van der Waals surface area contributed by atoms with Crippen LogP contribution in [-0.2, 0) is 6.54 Å². The first kappa shape index (κ1) is 9.77. The van der Waals surface area contributed by atoms with Crippen molar-refractivity contribution >= 4 is 5.84 Å². The van der Waals surface area contributed by atoms with Gasteiger partial charge in [-0.2, -0.15) is 0 Å². The minimum absolute atomic E-state index is 0.818. The lowest BCUT2D eigenvalue weighted by Crippen LogP contribution is -2.37. The van der Waals surface area contributed by atoms with Crippen LogP contribution in [0.4, 0.5) is 0 Å². The molecule has 15 heavy (non-hydrogen) atoms. The highest BCUT2D eigenvalue weighted by Gasteiger charge is 2.06. The van der Waals surface area contributed by atoms with E-state index < -0.39 is 0 Å². The van der Waals surface area contributed by atoms with Crippen LogP contribution in [-0.4, -0.2) is 24.5 Å². The number of nitrogens with zero attached hydrogens (tertiary/aromatic N) is 2. The van der Waals surface area contributed by atoms with E-state index in [0.717, 1.165) is 19.0 Å². The first-order chi connectivity index (χ1) is 7.38. The molecule has 2 rings (SSSR count). The topological polar surface area (TPSA) is 27.6 Å². The van der Waals surface area contributed by atoms with Gasteiger partial charge in [0.2, 0.25) is 0 Å². The van der Waals surface area contributed by atoms with E-state index in [0.29, 0.717) is 0 Å². The molecule has 1 heterocycles. The van der Waals surface area contributed by atoms with Gasteiger partial charge in [0.1, 0.15) is 5.84 Å². The van der Waals surface area contributed by atoms with E-state index in [1.807, 2.05) is 12.1 Å². The summed E-state index contributed by atoms with van der Waals surface area (Å²) in [6, 6.07) is 10.4. The molecule has 0 spiro atoms. The maximum atomic E-state index is 4.08. The van der Waals surface area contributed by atoms with Crippen LogP contribution >= 0.6 is 0 Å². The highest BCUT2D eigenvalue weighted by molar-refractivity contribution is 5.93. The minimum Gasteiger partial charge on any atom is -0.356 e. The van der Waals surface area contributed by atoms with Crippen molar-refractivity contribution in [2.45, 2.75) is 6.54 Å². The highest BCUT2D eigenvalue weighted by atomic mass is 15.2. The number of hydrogen-bond donors (Lipinski definition) is 1. The van der Waals surface area contributed by atoms with Gasteiger partial charge >= 0.3 is 0 Å². The zero-order valence-electron chi connectivity index (χ0n) is 8.85. The number of benzene rings is 1. The maximum absolute atomic E-state index is 4.08. The van der Waals surface area contributed by atoms with Gasteiger partial charge in [-0.1, -0.05) is 30.3 Å². The van der Waals surface area contributed by atoms with Crippen molar-refractivity contribution < 1.29 is 0 Å². The third-order valence-corrected chi connectivity index (χ3v) is 2.38.